The van der Waals surface area contributed by atoms with Gasteiger partial charge in [-0.3, -0.25) is 0 Å². The summed E-state index contributed by atoms with van der Waals surface area (Å²) >= 11 is 0. The first-order valence-corrected chi connectivity index (χ1v) is 5.02. The summed E-state index contributed by atoms with van der Waals surface area (Å²) in [5, 5.41) is 11.7. The van der Waals surface area contributed by atoms with Crippen molar-refractivity contribution in [2.24, 2.45) is 5.73 Å². The van der Waals surface area contributed by atoms with E-state index in [0.29, 0.717) is 0 Å². The van der Waals surface area contributed by atoms with Gasteiger partial charge in [-0.2, -0.15) is 0 Å². The zero-order valence-electron chi connectivity index (χ0n) is 9.19. The van der Waals surface area contributed by atoms with E-state index in [0.717, 1.165) is 31.8 Å². The van der Waals surface area contributed by atoms with Gasteiger partial charge < -0.3 is 5.73 Å². The predicted molar refractivity (Wildman–Crippen MR) is 54.8 cm³/mol. The quantitative estimate of drug-likeness (QED) is 0.722. The smallest absolute Gasteiger partial charge is 0.156 e. The molecule has 0 amide bonds. The maximum absolute atomic E-state index is 5.43. The van der Waals surface area contributed by atoms with E-state index in [4.69, 9.17) is 5.73 Å². The first-order chi connectivity index (χ1) is 6.55. The molecule has 1 aromatic heterocycles. The lowest BCUT2D eigenvalue weighted by Crippen LogP contribution is -2.20. The van der Waals surface area contributed by atoms with E-state index in [1.165, 1.54) is 0 Å². The van der Waals surface area contributed by atoms with Gasteiger partial charge in [-0.25, -0.2) is 4.68 Å². The minimum atomic E-state index is 0.00617. The summed E-state index contributed by atoms with van der Waals surface area (Å²) in [6, 6.07) is 0. The number of aromatic nitrogens is 4. The molecule has 0 aliphatic heterocycles. The minimum absolute atomic E-state index is 0.00617. The number of unbranched alkanes of at least 4 members (excludes halogenated alkanes) is 1. The fourth-order valence-electron chi connectivity index (χ4n) is 1.30. The van der Waals surface area contributed by atoms with Crippen molar-refractivity contribution in [2.75, 3.05) is 6.54 Å². The molecule has 1 rings (SSSR count). The van der Waals surface area contributed by atoms with Gasteiger partial charge in [-0.15, -0.1) is 5.10 Å². The van der Waals surface area contributed by atoms with Crippen molar-refractivity contribution in [3.8, 4) is 0 Å². The van der Waals surface area contributed by atoms with E-state index in [-0.39, 0.29) is 5.41 Å². The number of tetrazole rings is 1. The average Bonchev–Trinajstić information content (AvgIpc) is 2.52. The highest BCUT2D eigenvalue weighted by atomic mass is 15.5. The van der Waals surface area contributed by atoms with Gasteiger partial charge in [0, 0.05) is 12.0 Å². The van der Waals surface area contributed by atoms with Gasteiger partial charge in [-0.05, 0) is 29.8 Å². The van der Waals surface area contributed by atoms with Crippen LogP contribution in [0.3, 0.4) is 0 Å². The van der Waals surface area contributed by atoms with Crippen LogP contribution in [0.1, 0.15) is 39.4 Å². The molecule has 0 fully saturated rings. The van der Waals surface area contributed by atoms with Crippen molar-refractivity contribution in [1.82, 2.24) is 20.2 Å². The molecule has 0 aliphatic carbocycles. The van der Waals surface area contributed by atoms with Crippen LogP contribution in [-0.4, -0.2) is 26.8 Å². The van der Waals surface area contributed by atoms with Gasteiger partial charge >= 0.3 is 0 Å². The molecule has 1 heterocycles. The van der Waals surface area contributed by atoms with Crippen LogP contribution in [0.25, 0.3) is 0 Å². The van der Waals surface area contributed by atoms with E-state index in [2.05, 4.69) is 36.3 Å². The molecular weight excluding hydrogens is 178 g/mol. The second-order valence-electron chi connectivity index (χ2n) is 4.47. The standard InChI is InChI=1S/C9H19N5/c1-9(2,3)8-11-12-13-14(8)7-5-4-6-10/h4-7,10H2,1-3H3. The van der Waals surface area contributed by atoms with Crippen LogP contribution in [0.2, 0.25) is 0 Å². The van der Waals surface area contributed by atoms with E-state index >= 15 is 0 Å². The monoisotopic (exact) mass is 197 g/mol. The Morgan fingerprint density at radius 3 is 2.57 bits per heavy atom. The number of hydrogen-bond donors (Lipinski definition) is 1. The van der Waals surface area contributed by atoms with Gasteiger partial charge in [0.1, 0.15) is 0 Å². The van der Waals surface area contributed by atoms with Crippen LogP contribution in [-0.2, 0) is 12.0 Å². The average molecular weight is 197 g/mol. The molecule has 0 aliphatic rings. The largest absolute Gasteiger partial charge is 0.330 e. The van der Waals surface area contributed by atoms with Crippen LogP contribution < -0.4 is 5.73 Å². The van der Waals surface area contributed by atoms with Gasteiger partial charge in [0.05, 0.1) is 0 Å². The molecule has 2 N–H and O–H groups in total. The lowest BCUT2D eigenvalue weighted by molar-refractivity contribution is 0.457. The van der Waals surface area contributed by atoms with Crippen LogP contribution in [0.5, 0.6) is 0 Å². The summed E-state index contributed by atoms with van der Waals surface area (Å²) < 4.78 is 1.87. The van der Waals surface area contributed by atoms with Gasteiger partial charge in [0.25, 0.3) is 0 Å². The number of hydrogen-bond acceptors (Lipinski definition) is 4. The molecule has 1 aromatic rings. The van der Waals surface area contributed by atoms with Crippen molar-refractivity contribution in [3.05, 3.63) is 5.82 Å². The van der Waals surface area contributed by atoms with Gasteiger partial charge in [0.2, 0.25) is 0 Å². The molecule has 0 unspecified atom stereocenters. The van der Waals surface area contributed by atoms with Gasteiger partial charge in [0.15, 0.2) is 5.82 Å². The van der Waals surface area contributed by atoms with Crippen molar-refractivity contribution >= 4 is 0 Å². The Balaban J connectivity index is 2.63. The SMILES string of the molecule is CC(C)(C)c1nnnn1CCCCN. The summed E-state index contributed by atoms with van der Waals surface area (Å²) in [6.07, 6.45) is 2.05. The first kappa shape index (κ1) is 11.1. The maximum atomic E-state index is 5.43. The van der Waals surface area contributed by atoms with Crippen molar-refractivity contribution < 1.29 is 0 Å². The molecule has 0 spiro atoms. The van der Waals surface area contributed by atoms with Crippen LogP contribution in [0.4, 0.5) is 0 Å². The van der Waals surface area contributed by atoms with Crippen molar-refractivity contribution in [3.63, 3.8) is 0 Å². The van der Waals surface area contributed by atoms with Crippen LogP contribution in [0.15, 0.2) is 0 Å². The second kappa shape index (κ2) is 4.50. The van der Waals surface area contributed by atoms with Crippen molar-refractivity contribution in [2.45, 2.75) is 45.6 Å². The molecular formula is C9H19N5. The Bertz CT molecular complexity index is 273. The Morgan fingerprint density at radius 1 is 1.29 bits per heavy atom. The number of aryl methyl sites for hydroxylation is 1. The molecule has 0 saturated carbocycles. The highest BCUT2D eigenvalue weighted by Crippen LogP contribution is 2.18. The number of nitrogens with zero attached hydrogens (tertiary/aromatic N) is 4. The van der Waals surface area contributed by atoms with Crippen LogP contribution in [0, 0.1) is 0 Å². The molecule has 5 nitrogen and oxygen atoms in total. The summed E-state index contributed by atoms with van der Waals surface area (Å²) in [5.41, 5.74) is 5.44. The first-order valence-electron chi connectivity index (χ1n) is 5.02. The summed E-state index contributed by atoms with van der Waals surface area (Å²) in [5.74, 6) is 0.939. The highest BCUT2D eigenvalue weighted by molar-refractivity contribution is 4.98. The fourth-order valence-corrected chi connectivity index (χ4v) is 1.30. The summed E-state index contributed by atoms with van der Waals surface area (Å²) in [7, 11) is 0. The molecule has 5 heteroatoms. The Morgan fingerprint density at radius 2 is 2.00 bits per heavy atom. The Labute approximate surface area is 84.7 Å². The third-order valence-corrected chi connectivity index (χ3v) is 2.03. The molecule has 0 saturated heterocycles. The van der Waals surface area contributed by atoms with E-state index in [1.807, 2.05) is 4.68 Å². The molecule has 80 valence electrons. The minimum Gasteiger partial charge on any atom is -0.330 e. The number of nitrogens with two attached hydrogens (primary N) is 1. The highest BCUT2D eigenvalue weighted by Gasteiger charge is 2.21. The third-order valence-electron chi connectivity index (χ3n) is 2.03. The lowest BCUT2D eigenvalue weighted by atomic mass is 9.96. The maximum Gasteiger partial charge on any atom is 0.156 e. The van der Waals surface area contributed by atoms with E-state index in [9.17, 15) is 0 Å². The normalized spacial score (nSPS) is 12.0. The molecule has 14 heavy (non-hydrogen) atoms. The zero-order chi connectivity index (χ0) is 10.6. The van der Waals surface area contributed by atoms with Crippen molar-refractivity contribution in [1.29, 1.82) is 0 Å². The van der Waals surface area contributed by atoms with E-state index in [1.54, 1.807) is 0 Å². The summed E-state index contributed by atoms with van der Waals surface area (Å²) in [4.78, 5) is 0. The molecule has 0 bridgehead atoms. The molecule has 0 aromatic carbocycles. The number of rotatable bonds is 4. The predicted octanol–water partition coefficient (Wildman–Crippen LogP) is 0.710. The third kappa shape index (κ3) is 2.77. The van der Waals surface area contributed by atoms with Crippen LogP contribution >= 0.6 is 0 Å². The Kier molecular flexibility index (Phi) is 3.57. The topological polar surface area (TPSA) is 69.6 Å². The Hall–Kier alpha value is -0.970. The van der Waals surface area contributed by atoms with E-state index < -0.39 is 0 Å². The summed E-state index contributed by atoms with van der Waals surface area (Å²) in [6.45, 7) is 7.91. The fraction of sp³-hybridized carbons (Fsp3) is 0.889. The second-order valence-corrected chi connectivity index (χ2v) is 4.47. The lowest BCUT2D eigenvalue weighted by Gasteiger charge is -2.16. The molecule has 0 radical (unpaired) electrons. The molecule has 0 atom stereocenters. The zero-order valence-corrected chi connectivity index (χ0v) is 9.19. The van der Waals surface area contributed by atoms with Gasteiger partial charge in [-0.1, -0.05) is 20.8 Å².